The number of nitrogens with zero attached hydrogens (tertiary/aromatic N) is 3. The number of rotatable bonds is 4. The minimum Gasteiger partial charge on any atom is -0.335 e. The van der Waals surface area contributed by atoms with Gasteiger partial charge in [0, 0.05) is 6.07 Å². The lowest BCUT2D eigenvalue weighted by atomic mass is 10.1. The first-order valence-corrected chi connectivity index (χ1v) is 7.94. The molecule has 9 heteroatoms. The molecule has 0 saturated carbocycles. The van der Waals surface area contributed by atoms with Gasteiger partial charge in [-0.15, -0.1) is 0 Å². The Morgan fingerprint density at radius 1 is 1.35 bits per heavy atom. The Labute approximate surface area is 146 Å². The summed E-state index contributed by atoms with van der Waals surface area (Å²) in [7, 11) is 0. The molecule has 2 aromatic heterocycles. The van der Waals surface area contributed by atoms with E-state index in [9.17, 15) is 18.4 Å². The summed E-state index contributed by atoms with van der Waals surface area (Å²) in [5.74, 6) is -2.00. The summed E-state index contributed by atoms with van der Waals surface area (Å²) in [6.45, 7) is 4.87. The SMILES string of the molecule is CC[C@@H](C(=O)Nc1ccc(F)cc1F)n1c(C)nc2onc(C)c2c1=O. The number of aryl methyl sites for hydroxylation is 2. The zero-order valence-electron chi connectivity index (χ0n) is 14.3. The number of carbonyl (C=O) groups excluding carboxylic acids is 1. The number of amides is 1. The van der Waals surface area contributed by atoms with Crippen LogP contribution in [0.15, 0.2) is 27.5 Å². The molecule has 7 nitrogen and oxygen atoms in total. The quantitative estimate of drug-likeness (QED) is 0.771. The van der Waals surface area contributed by atoms with E-state index < -0.39 is 29.1 Å². The van der Waals surface area contributed by atoms with Crippen LogP contribution < -0.4 is 10.9 Å². The third-order valence-corrected chi connectivity index (χ3v) is 4.08. The van der Waals surface area contributed by atoms with E-state index in [1.54, 1.807) is 20.8 Å². The van der Waals surface area contributed by atoms with Gasteiger partial charge in [-0.25, -0.2) is 8.78 Å². The van der Waals surface area contributed by atoms with Gasteiger partial charge in [0.05, 0.1) is 11.4 Å². The zero-order chi connectivity index (χ0) is 19.0. The predicted molar refractivity (Wildman–Crippen MR) is 89.9 cm³/mol. The maximum absolute atomic E-state index is 13.8. The van der Waals surface area contributed by atoms with Crippen LogP contribution in [0.25, 0.3) is 11.1 Å². The Morgan fingerprint density at radius 2 is 2.08 bits per heavy atom. The van der Waals surface area contributed by atoms with Crippen LogP contribution in [0.1, 0.15) is 30.9 Å². The molecule has 2 heterocycles. The molecule has 3 aromatic rings. The third-order valence-electron chi connectivity index (χ3n) is 4.08. The lowest BCUT2D eigenvalue weighted by Gasteiger charge is -2.19. The average molecular weight is 362 g/mol. The monoisotopic (exact) mass is 362 g/mol. The second-order valence-electron chi connectivity index (χ2n) is 5.82. The van der Waals surface area contributed by atoms with Gasteiger partial charge in [-0.2, -0.15) is 4.98 Å². The molecular formula is C17H16F2N4O3. The molecule has 0 aliphatic rings. The summed E-state index contributed by atoms with van der Waals surface area (Å²) in [4.78, 5) is 29.6. The molecule has 1 atom stereocenters. The highest BCUT2D eigenvalue weighted by atomic mass is 19.1. The molecule has 0 saturated heterocycles. The van der Waals surface area contributed by atoms with Gasteiger partial charge < -0.3 is 9.84 Å². The number of carbonyl (C=O) groups is 1. The first-order chi connectivity index (χ1) is 12.3. The number of aromatic nitrogens is 3. The number of hydrogen-bond acceptors (Lipinski definition) is 5. The summed E-state index contributed by atoms with van der Waals surface area (Å²) >= 11 is 0. The van der Waals surface area contributed by atoms with Gasteiger partial charge in [0.2, 0.25) is 5.91 Å². The minimum atomic E-state index is -0.932. The van der Waals surface area contributed by atoms with E-state index in [0.29, 0.717) is 11.8 Å². The van der Waals surface area contributed by atoms with E-state index >= 15 is 0 Å². The van der Waals surface area contributed by atoms with E-state index in [1.807, 2.05) is 0 Å². The van der Waals surface area contributed by atoms with Crippen molar-refractivity contribution in [3.63, 3.8) is 0 Å². The Bertz CT molecular complexity index is 1060. The van der Waals surface area contributed by atoms with Gasteiger partial charge in [-0.05, 0) is 32.4 Å². The molecule has 0 radical (unpaired) electrons. The van der Waals surface area contributed by atoms with Crippen molar-refractivity contribution in [2.24, 2.45) is 0 Å². The smallest absolute Gasteiger partial charge is 0.267 e. The first kappa shape index (κ1) is 17.7. The van der Waals surface area contributed by atoms with Crippen LogP contribution in [0.2, 0.25) is 0 Å². The molecule has 3 rings (SSSR count). The third kappa shape index (κ3) is 2.96. The van der Waals surface area contributed by atoms with Crippen molar-refractivity contribution in [3.05, 3.63) is 51.7 Å². The fourth-order valence-electron chi connectivity index (χ4n) is 2.81. The number of fused-ring (bicyclic) bond motifs is 1. The van der Waals surface area contributed by atoms with E-state index in [2.05, 4.69) is 15.5 Å². The second-order valence-corrected chi connectivity index (χ2v) is 5.82. The molecule has 136 valence electrons. The van der Waals surface area contributed by atoms with Gasteiger partial charge in [-0.1, -0.05) is 12.1 Å². The first-order valence-electron chi connectivity index (χ1n) is 7.94. The Kier molecular flexibility index (Phi) is 4.54. The van der Waals surface area contributed by atoms with Gasteiger partial charge in [-0.3, -0.25) is 14.2 Å². The normalized spacial score (nSPS) is 12.3. The Morgan fingerprint density at radius 3 is 2.73 bits per heavy atom. The zero-order valence-corrected chi connectivity index (χ0v) is 14.3. The van der Waals surface area contributed by atoms with Crippen LogP contribution in [0.3, 0.4) is 0 Å². The summed E-state index contributed by atoms with van der Waals surface area (Å²) in [6, 6.07) is 1.89. The standard InChI is InChI=1S/C17H16F2N4O3/c1-4-13(15(24)21-12-6-5-10(18)7-11(12)19)23-9(3)20-16-14(17(23)25)8(2)22-26-16/h5-7,13H,4H2,1-3H3,(H,21,24)/t13-/m0/s1. The van der Waals surface area contributed by atoms with Crippen LogP contribution in [0.5, 0.6) is 0 Å². The van der Waals surface area contributed by atoms with E-state index in [-0.39, 0.29) is 29.0 Å². The van der Waals surface area contributed by atoms with Crippen molar-refractivity contribution in [2.75, 3.05) is 5.32 Å². The molecular weight excluding hydrogens is 346 g/mol. The number of nitrogens with one attached hydrogen (secondary N) is 1. The van der Waals surface area contributed by atoms with Crippen molar-refractivity contribution in [2.45, 2.75) is 33.2 Å². The number of benzene rings is 1. The number of halogens is 2. The lowest BCUT2D eigenvalue weighted by molar-refractivity contribution is -0.119. The molecule has 0 spiro atoms. The largest absolute Gasteiger partial charge is 0.335 e. The van der Waals surface area contributed by atoms with E-state index in [1.165, 1.54) is 4.57 Å². The molecule has 26 heavy (non-hydrogen) atoms. The van der Waals surface area contributed by atoms with Crippen molar-refractivity contribution in [3.8, 4) is 0 Å². The molecule has 0 bridgehead atoms. The number of hydrogen-bond donors (Lipinski definition) is 1. The van der Waals surface area contributed by atoms with Gasteiger partial charge >= 0.3 is 0 Å². The van der Waals surface area contributed by atoms with E-state index in [0.717, 1.165) is 12.1 Å². The van der Waals surface area contributed by atoms with Crippen molar-refractivity contribution >= 4 is 22.7 Å². The molecule has 0 fully saturated rings. The van der Waals surface area contributed by atoms with Gasteiger partial charge in [0.25, 0.3) is 11.3 Å². The maximum Gasteiger partial charge on any atom is 0.267 e. The molecule has 0 unspecified atom stereocenters. The summed E-state index contributed by atoms with van der Waals surface area (Å²) in [5, 5.41) is 6.30. The molecule has 1 aromatic carbocycles. The summed E-state index contributed by atoms with van der Waals surface area (Å²) < 4.78 is 33.0. The summed E-state index contributed by atoms with van der Waals surface area (Å²) in [6.07, 6.45) is 0.257. The topological polar surface area (TPSA) is 90.0 Å². The van der Waals surface area contributed by atoms with Crippen LogP contribution >= 0.6 is 0 Å². The van der Waals surface area contributed by atoms with Crippen molar-refractivity contribution < 1.29 is 18.1 Å². The van der Waals surface area contributed by atoms with Crippen LogP contribution in [-0.2, 0) is 4.79 Å². The van der Waals surface area contributed by atoms with Crippen LogP contribution in [0, 0.1) is 25.5 Å². The maximum atomic E-state index is 13.8. The Balaban J connectivity index is 2.03. The Hall–Kier alpha value is -3.10. The number of anilines is 1. The van der Waals surface area contributed by atoms with E-state index in [4.69, 9.17) is 4.52 Å². The highest BCUT2D eigenvalue weighted by Gasteiger charge is 2.25. The van der Waals surface area contributed by atoms with Crippen molar-refractivity contribution in [1.82, 2.24) is 14.7 Å². The van der Waals surface area contributed by atoms with Crippen LogP contribution in [0.4, 0.5) is 14.5 Å². The van der Waals surface area contributed by atoms with Crippen molar-refractivity contribution in [1.29, 1.82) is 0 Å². The summed E-state index contributed by atoms with van der Waals surface area (Å²) in [5.41, 5.74) is -0.171. The van der Waals surface area contributed by atoms with Gasteiger partial charge in [0.15, 0.2) is 0 Å². The van der Waals surface area contributed by atoms with Crippen LogP contribution in [-0.4, -0.2) is 20.6 Å². The fraction of sp³-hybridized carbons (Fsp3) is 0.294. The highest BCUT2D eigenvalue weighted by molar-refractivity contribution is 5.94. The fourth-order valence-corrected chi connectivity index (χ4v) is 2.81. The highest BCUT2D eigenvalue weighted by Crippen LogP contribution is 2.20. The minimum absolute atomic E-state index is 0.0982. The molecule has 1 N–H and O–H groups in total. The molecule has 0 aliphatic heterocycles. The predicted octanol–water partition coefficient (Wildman–Crippen LogP) is 2.87. The van der Waals surface area contributed by atoms with Gasteiger partial charge in [0.1, 0.15) is 28.9 Å². The lowest BCUT2D eigenvalue weighted by Crippen LogP contribution is -2.35. The average Bonchev–Trinajstić information content (AvgIpc) is 2.94. The molecule has 1 amide bonds. The molecule has 0 aliphatic carbocycles. The second kappa shape index (κ2) is 6.66.